The van der Waals surface area contributed by atoms with E-state index >= 15 is 0 Å². The van der Waals surface area contributed by atoms with Crippen molar-refractivity contribution in [2.75, 3.05) is 0 Å². The van der Waals surface area contributed by atoms with Crippen LogP contribution in [0.25, 0.3) is 22.2 Å². The highest BCUT2D eigenvalue weighted by Crippen LogP contribution is 2.40. The second-order valence-electron chi connectivity index (χ2n) is 7.63. The summed E-state index contributed by atoms with van der Waals surface area (Å²) in [6.45, 7) is 2.19. The summed E-state index contributed by atoms with van der Waals surface area (Å²) in [7, 11) is 0. The van der Waals surface area contributed by atoms with Crippen LogP contribution < -0.4 is 15.9 Å². The number of benzene rings is 2. The number of aromatic hydroxyl groups is 1. The van der Waals surface area contributed by atoms with Gasteiger partial charge in [0, 0.05) is 16.5 Å². The summed E-state index contributed by atoms with van der Waals surface area (Å²) in [6, 6.07) is 10.2. The molecule has 6 heteroatoms. The maximum absolute atomic E-state index is 14.2. The lowest BCUT2D eigenvalue weighted by molar-refractivity contribution is -0.114. The molecule has 5 nitrogen and oxygen atoms in total. The highest BCUT2D eigenvalue weighted by atomic mass is 19.1. The third-order valence-corrected chi connectivity index (χ3v) is 5.62. The number of halogens is 1. The smallest absolute Gasteiger partial charge is 0.273 e. The number of H-pyrrole nitrogens is 1. The first-order valence-electron chi connectivity index (χ1n) is 9.63. The molecule has 1 heterocycles. The number of ether oxygens (including phenoxy) is 1. The predicted octanol–water partition coefficient (Wildman–Crippen LogP) is 3.10. The zero-order valence-electron chi connectivity index (χ0n) is 15.8. The molecule has 0 amide bonds. The monoisotopic (exact) mass is 382 g/mol. The molecule has 1 aliphatic rings. The van der Waals surface area contributed by atoms with Gasteiger partial charge in [-0.3, -0.25) is 11.1 Å². The maximum atomic E-state index is 14.2. The van der Waals surface area contributed by atoms with Gasteiger partial charge in [0.25, 0.3) is 5.84 Å². The van der Waals surface area contributed by atoms with Crippen LogP contribution in [-0.4, -0.2) is 22.0 Å². The molecular formula is C22H25FN3O2+. The first kappa shape index (κ1) is 18.3. The molecule has 2 aromatic carbocycles. The van der Waals surface area contributed by atoms with E-state index in [1.165, 1.54) is 12.5 Å². The molecule has 1 aliphatic carbocycles. The Hall–Kier alpha value is -3.02. The van der Waals surface area contributed by atoms with Crippen LogP contribution >= 0.6 is 0 Å². The van der Waals surface area contributed by atoms with Crippen LogP contribution in [0.15, 0.2) is 36.4 Å². The molecular weight excluding hydrogens is 357 g/mol. The minimum atomic E-state index is -0.492. The fourth-order valence-corrected chi connectivity index (χ4v) is 3.98. The molecule has 146 valence electrons. The van der Waals surface area contributed by atoms with Crippen molar-refractivity contribution < 1.29 is 19.6 Å². The Kier molecular flexibility index (Phi) is 4.71. The van der Waals surface area contributed by atoms with Gasteiger partial charge < -0.3 is 14.8 Å². The van der Waals surface area contributed by atoms with Gasteiger partial charge in [-0.25, -0.2) is 4.39 Å². The Bertz CT molecular complexity index is 1040. The minimum absolute atomic E-state index is 0.0676. The lowest BCUT2D eigenvalue weighted by Crippen LogP contribution is -2.46. The number of rotatable bonds is 4. The number of hydrogen-bond acceptors (Lipinski definition) is 2. The number of nitrogens with two attached hydrogens (primary N) is 2. The van der Waals surface area contributed by atoms with Crippen molar-refractivity contribution in [2.45, 2.75) is 38.7 Å². The number of amidine groups is 1. The quantitative estimate of drug-likeness (QED) is 0.412. The average Bonchev–Trinajstić information content (AvgIpc) is 3.06. The SMILES string of the molecule is C[C@H]1CCCC[C@@H]1Oc1cccc(-c2cc3cc(C(N)=[NH2+])c(F)cc3[nH]2)c1O. The standard InChI is InChI=1S/C22H24FN3O2/c1-12-5-2-3-7-19(12)28-20-8-4-6-14(21(20)27)18-10-13-9-15(22(24)25)16(23)11-17(13)26-18/h4,6,8-12,19,26-27H,2-3,5,7H2,1H3,(H3,24,25)/p+1/t12-,19-/m0/s1. The van der Waals surface area contributed by atoms with Crippen LogP contribution in [0.1, 0.15) is 38.2 Å². The molecule has 3 aromatic rings. The Morgan fingerprint density at radius 2 is 2.04 bits per heavy atom. The lowest BCUT2D eigenvalue weighted by Gasteiger charge is -2.29. The minimum Gasteiger partial charge on any atom is -0.504 e. The molecule has 0 aliphatic heterocycles. The van der Waals surface area contributed by atoms with Crippen LogP contribution in [0.2, 0.25) is 0 Å². The predicted molar refractivity (Wildman–Crippen MR) is 108 cm³/mol. The van der Waals surface area contributed by atoms with Crippen LogP contribution in [0.5, 0.6) is 11.5 Å². The number of para-hydroxylation sites is 1. The summed E-state index contributed by atoms with van der Waals surface area (Å²) in [5.41, 5.74) is 7.60. The van der Waals surface area contributed by atoms with Crippen LogP contribution in [0, 0.1) is 11.7 Å². The molecule has 1 aromatic heterocycles. The van der Waals surface area contributed by atoms with Gasteiger partial charge in [-0.15, -0.1) is 0 Å². The van der Waals surface area contributed by atoms with Crippen LogP contribution in [0.3, 0.4) is 0 Å². The number of nitrogens with one attached hydrogen (secondary N) is 1. The summed E-state index contributed by atoms with van der Waals surface area (Å²) in [6.07, 6.45) is 4.62. The third-order valence-electron chi connectivity index (χ3n) is 5.62. The van der Waals surface area contributed by atoms with Gasteiger partial charge in [0.05, 0.1) is 11.3 Å². The van der Waals surface area contributed by atoms with E-state index in [-0.39, 0.29) is 23.3 Å². The lowest BCUT2D eigenvalue weighted by atomic mass is 9.88. The van der Waals surface area contributed by atoms with Crippen molar-refractivity contribution in [3.05, 3.63) is 47.8 Å². The highest BCUT2D eigenvalue weighted by molar-refractivity contribution is 5.98. The van der Waals surface area contributed by atoms with Crippen molar-refractivity contribution in [1.82, 2.24) is 4.98 Å². The molecule has 0 spiro atoms. The molecule has 0 bridgehead atoms. The number of aromatic amines is 1. The van der Waals surface area contributed by atoms with Gasteiger partial charge >= 0.3 is 0 Å². The zero-order chi connectivity index (χ0) is 19.8. The van der Waals surface area contributed by atoms with E-state index in [0.717, 1.165) is 24.6 Å². The molecule has 0 unspecified atom stereocenters. The molecule has 1 saturated carbocycles. The molecule has 0 saturated heterocycles. The number of hydrogen-bond donors (Lipinski definition) is 4. The maximum Gasteiger partial charge on any atom is 0.273 e. The topological polar surface area (TPSA) is 96.9 Å². The summed E-state index contributed by atoms with van der Waals surface area (Å²) < 4.78 is 20.3. The molecule has 6 N–H and O–H groups in total. The normalized spacial score (nSPS) is 19.6. The molecule has 28 heavy (non-hydrogen) atoms. The Labute approximate surface area is 162 Å². The van der Waals surface area contributed by atoms with E-state index in [1.807, 2.05) is 12.1 Å². The summed E-state index contributed by atoms with van der Waals surface area (Å²) in [5, 5.41) is 17.1. The van der Waals surface area contributed by atoms with E-state index in [9.17, 15) is 9.50 Å². The van der Waals surface area contributed by atoms with E-state index in [0.29, 0.717) is 28.4 Å². The van der Waals surface area contributed by atoms with Crippen molar-refractivity contribution in [3.63, 3.8) is 0 Å². The number of aromatic nitrogens is 1. The Morgan fingerprint density at radius 3 is 2.79 bits per heavy atom. The van der Waals surface area contributed by atoms with Gasteiger partial charge in [0.1, 0.15) is 11.9 Å². The van der Waals surface area contributed by atoms with Gasteiger partial charge in [-0.2, -0.15) is 0 Å². The van der Waals surface area contributed by atoms with E-state index < -0.39 is 5.82 Å². The largest absolute Gasteiger partial charge is 0.504 e. The zero-order valence-corrected chi connectivity index (χ0v) is 15.8. The third kappa shape index (κ3) is 3.30. The number of fused-ring (bicyclic) bond motifs is 1. The van der Waals surface area contributed by atoms with Crippen molar-refractivity contribution >= 4 is 16.7 Å². The van der Waals surface area contributed by atoms with Crippen LogP contribution in [-0.2, 0) is 0 Å². The summed E-state index contributed by atoms with van der Waals surface area (Å²) in [4.78, 5) is 3.15. The van der Waals surface area contributed by atoms with Crippen LogP contribution in [0.4, 0.5) is 4.39 Å². The fourth-order valence-electron chi connectivity index (χ4n) is 3.98. The van der Waals surface area contributed by atoms with Gasteiger partial charge in [0.15, 0.2) is 11.5 Å². The molecule has 4 rings (SSSR count). The first-order chi connectivity index (χ1) is 13.4. The average molecular weight is 382 g/mol. The summed E-state index contributed by atoms with van der Waals surface area (Å²) >= 11 is 0. The Balaban J connectivity index is 1.70. The number of phenolic OH excluding ortho intramolecular Hbond substituents is 1. The molecule has 0 radical (unpaired) electrons. The van der Waals surface area contributed by atoms with Crippen molar-refractivity contribution in [2.24, 2.45) is 11.7 Å². The summed E-state index contributed by atoms with van der Waals surface area (Å²) in [5.74, 6) is 0.457. The van der Waals surface area contributed by atoms with E-state index in [2.05, 4.69) is 11.9 Å². The van der Waals surface area contributed by atoms with Crippen molar-refractivity contribution in [3.8, 4) is 22.8 Å². The van der Waals surface area contributed by atoms with E-state index in [1.54, 1.807) is 18.2 Å². The van der Waals surface area contributed by atoms with Gasteiger partial charge in [0.2, 0.25) is 0 Å². The van der Waals surface area contributed by atoms with Gasteiger partial charge in [-0.1, -0.05) is 19.4 Å². The molecule has 1 fully saturated rings. The van der Waals surface area contributed by atoms with Gasteiger partial charge in [-0.05, 0) is 55.5 Å². The highest BCUT2D eigenvalue weighted by Gasteiger charge is 2.24. The second kappa shape index (κ2) is 7.19. The molecule has 2 atom stereocenters. The Morgan fingerprint density at radius 1 is 1.25 bits per heavy atom. The first-order valence-corrected chi connectivity index (χ1v) is 9.63. The van der Waals surface area contributed by atoms with E-state index in [4.69, 9.17) is 15.9 Å². The fraction of sp³-hybridized carbons (Fsp3) is 0.318. The second-order valence-corrected chi connectivity index (χ2v) is 7.63. The number of phenols is 1. The van der Waals surface area contributed by atoms with Crippen molar-refractivity contribution in [1.29, 1.82) is 0 Å².